The number of amides is 1. The summed E-state index contributed by atoms with van der Waals surface area (Å²) in [7, 11) is -2.10. The molecule has 0 unspecified atom stereocenters. The quantitative estimate of drug-likeness (QED) is 0.805. The number of carbonyl (C=O) groups is 1. The molecule has 1 amide bonds. The fraction of sp³-hybridized carbons (Fsp3) is 0.235. The van der Waals surface area contributed by atoms with Gasteiger partial charge in [0.15, 0.2) is 0 Å². The summed E-state index contributed by atoms with van der Waals surface area (Å²) in [5.74, 6) is 0.0929. The minimum Gasteiger partial charge on any atom is -0.495 e. The third kappa shape index (κ3) is 5.27. The third-order valence-corrected chi connectivity index (χ3v) is 4.56. The third-order valence-electron chi connectivity index (χ3n) is 3.29. The minimum absolute atomic E-state index is 0.0511. The first-order chi connectivity index (χ1) is 11.4. The SMILES string of the molecule is COc1ccc(NC(C)=O)cc1NS(=O)(=O)CCc1ccccc1. The Morgan fingerprint density at radius 2 is 1.83 bits per heavy atom. The Labute approximate surface area is 141 Å². The van der Waals surface area contributed by atoms with Crippen LogP contribution in [0.25, 0.3) is 0 Å². The van der Waals surface area contributed by atoms with E-state index in [0.29, 0.717) is 17.9 Å². The maximum absolute atomic E-state index is 12.3. The molecule has 0 aliphatic carbocycles. The highest BCUT2D eigenvalue weighted by Gasteiger charge is 2.14. The topological polar surface area (TPSA) is 84.5 Å². The van der Waals surface area contributed by atoms with Gasteiger partial charge in [-0.1, -0.05) is 30.3 Å². The van der Waals surface area contributed by atoms with Crippen LogP contribution in [-0.4, -0.2) is 27.2 Å². The highest BCUT2D eigenvalue weighted by Crippen LogP contribution is 2.28. The molecule has 24 heavy (non-hydrogen) atoms. The molecule has 0 heterocycles. The summed E-state index contributed by atoms with van der Waals surface area (Å²) in [6, 6.07) is 14.2. The molecule has 2 rings (SSSR count). The summed E-state index contributed by atoms with van der Waals surface area (Å²) in [5.41, 5.74) is 1.72. The van der Waals surface area contributed by atoms with Crippen LogP contribution in [0.4, 0.5) is 11.4 Å². The van der Waals surface area contributed by atoms with Gasteiger partial charge in [0.05, 0.1) is 18.6 Å². The Kier molecular flexibility index (Phi) is 5.81. The van der Waals surface area contributed by atoms with Crippen molar-refractivity contribution in [1.29, 1.82) is 0 Å². The number of benzene rings is 2. The van der Waals surface area contributed by atoms with Gasteiger partial charge in [-0.15, -0.1) is 0 Å². The molecule has 2 aromatic carbocycles. The van der Waals surface area contributed by atoms with Gasteiger partial charge in [0.25, 0.3) is 0 Å². The van der Waals surface area contributed by atoms with Crippen molar-refractivity contribution in [3.63, 3.8) is 0 Å². The first kappa shape index (κ1) is 17.8. The van der Waals surface area contributed by atoms with Crippen LogP contribution >= 0.6 is 0 Å². The second-order valence-corrected chi connectivity index (χ2v) is 7.09. The number of rotatable bonds is 7. The van der Waals surface area contributed by atoms with Crippen LogP contribution in [0.2, 0.25) is 0 Å². The van der Waals surface area contributed by atoms with Gasteiger partial charge in [-0.2, -0.15) is 0 Å². The Morgan fingerprint density at radius 3 is 2.46 bits per heavy atom. The number of hydrogen-bond acceptors (Lipinski definition) is 4. The zero-order valence-electron chi connectivity index (χ0n) is 13.6. The molecule has 0 fully saturated rings. The van der Waals surface area contributed by atoms with Crippen molar-refractivity contribution in [2.45, 2.75) is 13.3 Å². The van der Waals surface area contributed by atoms with Gasteiger partial charge in [-0.3, -0.25) is 9.52 Å². The van der Waals surface area contributed by atoms with Crippen LogP contribution in [-0.2, 0) is 21.2 Å². The molecule has 2 N–H and O–H groups in total. The van der Waals surface area contributed by atoms with Crippen molar-refractivity contribution < 1.29 is 17.9 Å². The van der Waals surface area contributed by atoms with Crippen molar-refractivity contribution in [3.05, 3.63) is 54.1 Å². The molecule has 0 aromatic heterocycles. The molecule has 0 bridgehead atoms. The largest absolute Gasteiger partial charge is 0.495 e. The average molecular weight is 348 g/mol. The summed E-state index contributed by atoms with van der Waals surface area (Å²) in [4.78, 5) is 11.1. The molecular formula is C17H20N2O4S. The molecule has 6 nitrogen and oxygen atoms in total. The van der Waals surface area contributed by atoms with Gasteiger partial charge in [0.2, 0.25) is 15.9 Å². The van der Waals surface area contributed by atoms with Crippen molar-refractivity contribution in [3.8, 4) is 5.75 Å². The zero-order chi connectivity index (χ0) is 17.6. The van der Waals surface area contributed by atoms with Crippen LogP contribution < -0.4 is 14.8 Å². The molecule has 7 heteroatoms. The molecule has 128 valence electrons. The Hall–Kier alpha value is -2.54. The Balaban J connectivity index is 2.13. The minimum atomic E-state index is -3.55. The lowest BCUT2D eigenvalue weighted by Crippen LogP contribution is -2.19. The summed E-state index contributed by atoms with van der Waals surface area (Å²) >= 11 is 0. The van der Waals surface area contributed by atoms with E-state index >= 15 is 0 Å². The predicted molar refractivity (Wildman–Crippen MR) is 94.9 cm³/mol. The van der Waals surface area contributed by atoms with Crippen molar-refractivity contribution in [1.82, 2.24) is 0 Å². The summed E-state index contributed by atoms with van der Waals surface area (Å²) in [6.45, 7) is 1.38. The predicted octanol–water partition coefficient (Wildman–Crippen LogP) is 2.64. The number of carbonyl (C=O) groups excluding carboxylic acids is 1. The molecule has 0 spiro atoms. The lowest BCUT2D eigenvalue weighted by molar-refractivity contribution is -0.114. The van der Waals surface area contributed by atoms with E-state index in [4.69, 9.17) is 4.74 Å². The maximum atomic E-state index is 12.3. The molecule has 0 aliphatic rings. The summed E-state index contributed by atoms with van der Waals surface area (Å²) in [5, 5.41) is 2.61. The number of ether oxygens (including phenoxy) is 1. The second kappa shape index (κ2) is 7.83. The second-order valence-electron chi connectivity index (χ2n) is 5.25. The van der Waals surface area contributed by atoms with Crippen LogP contribution in [0, 0.1) is 0 Å². The van der Waals surface area contributed by atoms with E-state index in [2.05, 4.69) is 10.0 Å². The molecule has 0 aliphatic heterocycles. The molecule has 0 saturated heterocycles. The van der Waals surface area contributed by atoms with Gasteiger partial charge in [0, 0.05) is 12.6 Å². The lowest BCUT2D eigenvalue weighted by Gasteiger charge is -2.13. The summed E-state index contributed by atoms with van der Waals surface area (Å²) < 4.78 is 32.3. The number of methoxy groups -OCH3 is 1. The Bertz CT molecular complexity index is 805. The van der Waals surface area contributed by atoms with E-state index in [9.17, 15) is 13.2 Å². The van der Waals surface area contributed by atoms with E-state index in [1.54, 1.807) is 12.1 Å². The fourth-order valence-electron chi connectivity index (χ4n) is 2.18. The number of aryl methyl sites for hydroxylation is 1. The van der Waals surface area contributed by atoms with E-state index in [0.717, 1.165) is 5.56 Å². The standard InChI is InChI=1S/C17H20N2O4S/c1-13(20)18-15-8-9-17(23-2)16(12-15)19-24(21,22)11-10-14-6-4-3-5-7-14/h3-9,12,19H,10-11H2,1-2H3,(H,18,20). The van der Waals surface area contributed by atoms with Gasteiger partial charge < -0.3 is 10.1 Å². The molecule has 0 radical (unpaired) electrons. The number of nitrogens with one attached hydrogen (secondary N) is 2. The van der Waals surface area contributed by atoms with E-state index in [1.165, 1.54) is 20.1 Å². The fourth-order valence-corrected chi connectivity index (χ4v) is 3.29. The first-order valence-electron chi connectivity index (χ1n) is 7.39. The van der Waals surface area contributed by atoms with Gasteiger partial charge in [-0.25, -0.2) is 8.42 Å². The van der Waals surface area contributed by atoms with Crippen molar-refractivity contribution >= 4 is 27.3 Å². The van der Waals surface area contributed by atoms with Gasteiger partial charge in [-0.05, 0) is 30.2 Å². The van der Waals surface area contributed by atoms with Crippen molar-refractivity contribution in [2.75, 3.05) is 22.9 Å². The van der Waals surface area contributed by atoms with Crippen molar-refractivity contribution in [2.24, 2.45) is 0 Å². The number of sulfonamides is 1. The van der Waals surface area contributed by atoms with Crippen LogP contribution in [0.1, 0.15) is 12.5 Å². The normalized spacial score (nSPS) is 10.9. The van der Waals surface area contributed by atoms with Crippen LogP contribution in [0.15, 0.2) is 48.5 Å². The number of anilines is 2. The molecule has 2 aromatic rings. The molecule has 0 saturated carbocycles. The van der Waals surface area contributed by atoms with E-state index < -0.39 is 10.0 Å². The zero-order valence-corrected chi connectivity index (χ0v) is 14.4. The highest BCUT2D eigenvalue weighted by molar-refractivity contribution is 7.92. The molecule has 0 atom stereocenters. The van der Waals surface area contributed by atoms with Gasteiger partial charge >= 0.3 is 0 Å². The molecular weight excluding hydrogens is 328 g/mol. The van der Waals surface area contributed by atoms with Crippen LogP contribution in [0.3, 0.4) is 0 Å². The number of hydrogen-bond donors (Lipinski definition) is 2. The summed E-state index contributed by atoms with van der Waals surface area (Å²) in [6.07, 6.45) is 0.407. The van der Waals surface area contributed by atoms with E-state index in [-0.39, 0.29) is 17.3 Å². The van der Waals surface area contributed by atoms with Gasteiger partial charge in [0.1, 0.15) is 5.75 Å². The lowest BCUT2D eigenvalue weighted by atomic mass is 10.2. The van der Waals surface area contributed by atoms with Crippen LogP contribution in [0.5, 0.6) is 5.75 Å². The maximum Gasteiger partial charge on any atom is 0.233 e. The monoisotopic (exact) mass is 348 g/mol. The first-order valence-corrected chi connectivity index (χ1v) is 9.05. The Morgan fingerprint density at radius 1 is 1.12 bits per heavy atom. The smallest absolute Gasteiger partial charge is 0.233 e. The highest BCUT2D eigenvalue weighted by atomic mass is 32.2. The van der Waals surface area contributed by atoms with E-state index in [1.807, 2.05) is 30.3 Å². The average Bonchev–Trinajstić information content (AvgIpc) is 2.53.